The molecule has 0 radical (unpaired) electrons. The fourth-order valence-electron chi connectivity index (χ4n) is 3.06. The third-order valence-electron chi connectivity index (χ3n) is 4.79. The molecule has 3 heterocycles. The first-order valence-corrected chi connectivity index (χ1v) is 11.0. The van der Waals surface area contributed by atoms with Crippen molar-refractivity contribution in [1.29, 1.82) is 0 Å². The van der Waals surface area contributed by atoms with E-state index in [4.69, 9.17) is 4.74 Å². The molecule has 166 valence electrons. The molecule has 0 saturated carbocycles. The van der Waals surface area contributed by atoms with Crippen LogP contribution in [0.5, 0.6) is 5.75 Å². The monoisotopic (exact) mass is 473 g/mol. The highest BCUT2D eigenvalue weighted by Gasteiger charge is 2.19. The molecule has 1 aromatic carbocycles. The molecule has 13 heteroatoms. The number of rotatable bonds is 6. The Hall–Kier alpha value is -3.45. The van der Waals surface area contributed by atoms with Crippen molar-refractivity contribution in [3.05, 3.63) is 50.7 Å². The maximum Gasteiger partial charge on any atom is 0.332 e. The van der Waals surface area contributed by atoms with Gasteiger partial charge in [-0.15, -0.1) is 10.2 Å². The summed E-state index contributed by atoms with van der Waals surface area (Å²) in [4.78, 5) is 41.4. The van der Waals surface area contributed by atoms with Crippen LogP contribution >= 0.6 is 23.1 Å². The molecular formula is C19H19N7O4S2. The number of anilines is 1. The minimum Gasteiger partial charge on any atom is -0.497 e. The lowest BCUT2D eigenvalue weighted by Gasteiger charge is -2.03. The minimum absolute atomic E-state index is 0.189. The highest BCUT2D eigenvalue weighted by molar-refractivity contribution is 8.01. The number of benzene rings is 1. The quantitative estimate of drug-likeness (QED) is 0.414. The number of amides is 1. The van der Waals surface area contributed by atoms with Crippen LogP contribution in [0, 0.1) is 0 Å². The van der Waals surface area contributed by atoms with E-state index in [1.165, 1.54) is 34.7 Å². The predicted molar refractivity (Wildman–Crippen MR) is 121 cm³/mol. The first-order valence-electron chi connectivity index (χ1n) is 9.35. The van der Waals surface area contributed by atoms with Crippen LogP contribution < -0.4 is 21.3 Å². The summed E-state index contributed by atoms with van der Waals surface area (Å²) in [5, 5.41) is 11.7. The number of aromatic nitrogens is 6. The number of fused-ring (bicyclic) bond motifs is 1. The number of ether oxygens (including phenoxy) is 1. The van der Waals surface area contributed by atoms with Gasteiger partial charge in [0.05, 0.1) is 13.5 Å². The van der Waals surface area contributed by atoms with Crippen LogP contribution in [0.15, 0.2) is 43.4 Å². The van der Waals surface area contributed by atoms with Crippen LogP contribution in [0.25, 0.3) is 11.2 Å². The molecule has 0 aliphatic carbocycles. The highest BCUT2D eigenvalue weighted by atomic mass is 32.2. The molecule has 0 aliphatic heterocycles. The van der Waals surface area contributed by atoms with Gasteiger partial charge >= 0.3 is 5.69 Å². The first kappa shape index (κ1) is 21.8. The molecule has 11 nitrogen and oxygen atoms in total. The van der Waals surface area contributed by atoms with Gasteiger partial charge in [-0.2, -0.15) is 0 Å². The Bertz CT molecular complexity index is 1430. The van der Waals surface area contributed by atoms with Gasteiger partial charge in [-0.1, -0.05) is 23.5 Å². The molecule has 1 N–H and O–H groups in total. The van der Waals surface area contributed by atoms with Crippen molar-refractivity contribution < 1.29 is 9.53 Å². The molecule has 0 saturated heterocycles. The summed E-state index contributed by atoms with van der Waals surface area (Å²) in [6.07, 6.45) is 0.189. The van der Waals surface area contributed by atoms with Gasteiger partial charge in [0, 0.05) is 21.1 Å². The summed E-state index contributed by atoms with van der Waals surface area (Å²) >= 11 is 2.38. The molecule has 4 aromatic rings. The van der Waals surface area contributed by atoms with Crippen molar-refractivity contribution in [1.82, 2.24) is 28.9 Å². The van der Waals surface area contributed by atoms with Crippen LogP contribution in [0.1, 0.15) is 5.56 Å². The fourth-order valence-corrected chi connectivity index (χ4v) is 4.78. The molecule has 3 aromatic heterocycles. The fraction of sp³-hybridized carbons (Fsp3) is 0.263. The van der Waals surface area contributed by atoms with Crippen molar-refractivity contribution in [2.45, 2.75) is 15.9 Å². The topological polar surface area (TPSA) is 126 Å². The van der Waals surface area contributed by atoms with Gasteiger partial charge < -0.3 is 14.6 Å². The lowest BCUT2D eigenvalue weighted by atomic mass is 10.1. The number of nitrogens with zero attached hydrogens (tertiary/aromatic N) is 6. The van der Waals surface area contributed by atoms with E-state index in [1.54, 1.807) is 37.9 Å². The summed E-state index contributed by atoms with van der Waals surface area (Å²) in [7, 11) is 6.27. The van der Waals surface area contributed by atoms with Gasteiger partial charge in [0.25, 0.3) is 5.56 Å². The van der Waals surface area contributed by atoms with Crippen LogP contribution in [0.2, 0.25) is 0 Å². The van der Waals surface area contributed by atoms with Crippen molar-refractivity contribution in [2.75, 3.05) is 12.4 Å². The SMILES string of the molecule is COc1ccc(CC(=O)Nc2nnc(Sc3nc4c(c(=O)n(C)c(=O)n4C)n3C)s2)cc1. The number of hydrogen-bond donors (Lipinski definition) is 1. The van der Waals surface area contributed by atoms with Crippen molar-refractivity contribution in [3.63, 3.8) is 0 Å². The van der Waals surface area contributed by atoms with Gasteiger partial charge in [0.2, 0.25) is 11.0 Å². The zero-order valence-corrected chi connectivity index (χ0v) is 19.3. The molecule has 0 fully saturated rings. The second-order valence-corrected chi connectivity index (χ2v) is 9.07. The predicted octanol–water partition coefficient (Wildman–Crippen LogP) is 1.16. The largest absolute Gasteiger partial charge is 0.497 e. The Morgan fingerprint density at radius 2 is 1.81 bits per heavy atom. The first-order chi connectivity index (χ1) is 15.3. The average Bonchev–Trinajstić information content (AvgIpc) is 3.35. The third-order valence-corrected chi connectivity index (χ3v) is 6.73. The Labute approximate surface area is 189 Å². The van der Waals surface area contributed by atoms with E-state index in [-0.39, 0.29) is 12.3 Å². The van der Waals surface area contributed by atoms with E-state index in [0.717, 1.165) is 15.9 Å². The number of carbonyl (C=O) groups excluding carboxylic acids is 1. The molecule has 1 amide bonds. The standard InChI is InChI=1S/C19H19N7O4S2/c1-24-13-14(25(2)19(29)26(3)15(13)28)21-17(24)32-18-23-22-16(31-18)20-12(27)9-10-5-7-11(30-4)8-6-10/h5-8H,9H2,1-4H3,(H,20,22,27). The highest BCUT2D eigenvalue weighted by Crippen LogP contribution is 2.32. The average molecular weight is 474 g/mol. The number of carbonyl (C=O) groups is 1. The summed E-state index contributed by atoms with van der Waals surface area (Å²) in [5.41, 5.74) is 0.577. The van der Waals surface area contributed by atoms with Gasteiger partial charge in [0.1, 0.15) is 5.75 Å². The molecular weight excluding hydrogens is 454 g/mol. The minimum atomic E-state index is -0.449. The zero-order chi connectivity index (χ0) is 23.0. The van der Waals surface area contributed by atoms with Crippen LogP contribution in [-0.4, -0.2) is 41.9 Å². The summed E-state index contributed by atoms with van der Waals surface area (Å²) in [6.45, 7) is 0. The number of nitrogens with one attached hydrogen (secondary N) is 1. The number of hydrogen-bond acceptors (Lipinski definition) is 9. The molecule has 0 unspecified atom stereocenters. The molecule has 0 spiro atoms. The molecule has 0 atom stereocenters. The third kappa shape index (κ3) is 4.03. The molecule has 32 heavy (non-hydrogen) atoms. The van der Waals surface area contributed by atoms with Crippen LogP contribution in [-0.2, 0) is 32.4 Å². The summed E-state index contributed by atoms with van der Waals surface area (Å²) < 4.78 is 9.63. The maximum atomic E-state index is 12.5. The van der Waals surface area contributed by atoms with Gasteiger partial charge in [-0.05, 0) is 29.5 Å². The molecule has 0 aliphatic rings. The van der Waals surface area contributed by atoms with Crippen molar-refractivity contribution in [3.8, 4) is 5.75 Å². The number of methoxy groups -OCH3 is 1. The van der Waals surface area contributed by atoms with E-state index in [2.05, 4.69) is 20.5 Å². The van der Waals surface area contributed by atoms with Crippen molar-refractivity contribution >= 4 is 45.3 Å². The summed E-state index contributed by atoms with van der Waals surface area (Å²) in [5.74, 6) is 0.504. The lowest BCUT2D eigenvalue weighted by molar-refractivity contribution is -0.115. The van der Waals surface area contributed by atoms with Crippen molar-refractivity contribution in [2.24, 2.45) is 21.1 Å². The number of aryl methyl sites for hydroxylation is 2. The Balaban J connectivity index is 1.50. The van der Waals surface area contributed by atoms with Crippen LogP contribution in [0.3, 0.4) is 0 Å². The lowest BCUT2D eigenvalue weighted by Crippen LogP contribution is -2.37. The smallest absolute Gasteiger partial charge is 0.332 e. The van der Waals surface area contributed by atoms with E-state index >= 15 is 0 Å². The van der Waals surface area contributed by atoms with Gasteiger partial charge in [-0.3, -0.25) is 18.7 Å². The summed E-state index contributed by atoms with van der Waals surface area (Å²) in [6, 6.07) is 7.23. The Morgan fingerprint density at radius 3 is 2.50 bits per heavy atom. The van der Waals surface area contributed by atoms with Crippen LogP contribution in [0.4, 0.5) is 5.13 Å². The zero-order valence-electron chi connectivity index (χ0n) is 17.6. The van der Waals surface area contributed by atoms with E-state index in [1.807, 2.05) is 12.1 Å². The maximum absolute atomic E-state index is 12.5. The second kappa shape index (κ2) is 8.59. The van der Waals surface area contributed by atoms with Gasteiger partial charge in [-0.25, -0.2) is 9.78 Å². The second-order valence-electron chi connectivity index (χ2n) is 6.88. The Kier molecular flexibility index (Phi) is 5.84. The van der Waals surface area contributed by atoms with Gasteiger partial charge in [0.15, 0.2) is 20.7 Å². The van der Waals surface area contributed by atoms with E-state index in [9.17, 15) is 14.4 Å². The van der Waals surface area contributed by atoms with E-state index in [0.29, 0.717) is 25.8 Å². The normalized spacial score (nSPS) is 11.1. The molecule has 0 bridgehead atoms. The molecule has 4 rings (SSSR count). The number of imidazole rings is 1. The van der Waals surface area contributed by atoms with E-state index < -0.39 is 11.2 Å². The Morgan fingerprint density at radius 1 is 1.09 bits per heavy atom.